The summed E-state index contributed by atoms with van der Waals surface area (Å²) >= 11 is 0. The molecule has 0 saturated carbocycles. The molecule has 0 aliphatic carbocycles. The van der Waals surface area contributed by atoms with Crippen LogP contribution in [0.4, 0.5) is 0 Å². The van der Waals surface area contributed by atoms with Crippen molar-refractivity contribution in [3.63, 3.8) is 0 Å². The summed E-state index contributed by atoms with van der Waals surface area (Å²) in [4.78, 5) is 4.51. The van der Waals surface area contributed by atoms with Crippen LogP contribution in [0.1, 0.15) is 5.56 Å². The summed E-state index contributed by atoms with van der Waals surface area (Å²) in [5.41, 5.74) is 3.01. The first-order valence-corrected chi connectivity index (χ1v) is 9.58. The highest BCUT2D eigenvalue weighted by atomic mass is 16.4. The van der Waals surface area contributed by atoms with Crippen molar-refractivity contribution < 1.29 is 14.7 Å². The molecule has 0 aliphatic heterocycles. The van der Waals surface area contributed by atoms with Gasteiger partial charge in [0.25, 0.3) is 0 Å². The fourth-order valence-electron chi connectivity index (χ4n) is 3.70. The maximum absolute atomic E-state index is 9.82. The molecule has 0 fully saturated rings. The molecule has 5 rings (SSSR count). The Labute approximate surface area is 177 Å². The van der Waals surface area contributed by atoms with E-state index in [1.54, 1.807) is 30.5 Å². The SMILES string of the molecule is C#Cc1c(-c2cc3ccccc3cn2)oc2cc(-c3cccc(O)c3)ccc2/c1=N\O. The van der Waals surface area contributed by atoms with Gasteiger partial charge in [-0.3, -0.25) is 4.98 Å². The maximum Gasteiger partial charge on any atom is 0.171 e. The molecule has 2 aromatic heterocycles. The lowest BCUT2D eigenvalue weighted by Gasteiger charge is -2.10. The van der Waals surface area contributed by atoms with E-state index in [9.17, 15) is 10.3 Å². The zero-order chi connectivity index (χ0) is 21.4. The monoisotopic (exact) mass is 404 g/mol. The van der Waals surface area contributed by atoms with Crippen molar-refractivity contribution in [2.24, 2.45) is 5.16 Å². The normalized spacial score (nSPS) is 11.6. The van der Waals surface area contributed by atoms with E-state index in [2.05, 4.69) is 16.1 Å². The number of pyridine rings is 1. The fourth-order valence-corrected chi connectivity index (χ4v) is 3.70. The van der Waals surface area contributed by atoms with E-state index in [0.29, 0.717) is 28.0 Å². The van der Waals surface area contributed by atoms with Gasteiger partial charge in [-0.1, -0.05) is 53.5 Å². The molecule has 0 radical (unpaired) electrons. The van der Waals surface area contributed by atoms with Crippen molar-refractivity contribution >= 4 is 21.7 Å². The molecular formula is C26H16N2O3. The molecule has 0 unspecified atom stereocenters. The van der Waals surface area contributed by atoms with Crippen molar-refractivity contribution in [1.82, 2.24) is 4.98 Å². The molecule has 31 heavy (non-hydrogen) atoms. The lowest BCUT2D eigenvalue weighted by atomic mass is 10.0. The van der Waals surface area contributed by atoms with Crippen molar-refractivity contribution in [3.8, 4) is 40.7 Å². The third-order valence-electron chi connectivity index (χ3n) is 5.20. The van der Waals surface area contributed by atoms with Crippen LogP contribution in [-0.2, 0) is 0 Å². The first kappa shape index (κ1) is 18.5. The lowest BCUT2D eigenvalue weighted by Crippen LogP contribution is -2.11. The molecule has 0 spiro atoms. The van der Waals surface area contributed by atoms with Crippen LogP contribution in [0.2, 0.25) is 0 Å². The van der Waals surface area contributed by atoms with E-state index in [-0.39, 0.29) is 11.1 Å². The summed E-state index contributed by atoms with van der Waals surface area (Å²) in [5, 5.41) is 25.8. The van der Waals surface area contributed by atoms with E-state index in [4.69, 9.17) is 10.8 Å². The molecule has 5 heteroatoms. The number of benzene rings is 3. The van der Waals surface area contributed by atoms with Crippen LogP contribution >= 0.6 is 0 Å². The largest absolute Gasteiger partial charge is 0.508 e. The van der Waals surface area contributed by atoms with Gasteiger partial charge in [0.05, 0.1) is 5.56 Å². The molecule has 0 aliphatic rings. The zero-order valence-electron chi connectivity index (χ0n) is 16.3. The molecular weight excluding hydrogens is 388 g/mol. The molecule has 0 bridgehead atoms. The summed E-state index contributed by atoms with van der Waals surface area (Å²) in [6.45, 7) is 0. The number of phenols is 1. The molecule has 0 saturated heterocycles. The van der Waals surface area contributed by atoms with E-state index in [0.717, 1.165) is 21.9 Å². The molecule has 5 nitrogen and oxygen atoms in total. The van der Waals surface area contributed by atoms with Crippen LogP contribution in [0.25, 0.3) is 44.3 Å². The highest BCUT2D eigenvalue weighted by molar-refractivity contribution is 5.88. The maximum atomic E-state index is 9.82. The standard InChI is InChI=1S/C26H16N2O3/c1-2-21-25(28-30)22-11-10-18(16-8-5-9-20(29)12-16)14-24(22)31-26(21)23-13-17-6-3-4-7-19(17)15-27-23/h1,3-15,29-30H/b28-25-. The number of hydrogen-bond donors (Lipinski definition) is 2. The van der Waals surface area contributed by atoms with Crippen LogP contribution in [0.15, 0.2) is 88.6 Å². The third-order valence-corrected chi connectivity index (χ3v) is 5.20. The third kappa shape index (κ3) is 3.17. The summed E-state index contributed by atoms with van der Waals surface area (Å²) in [6.07, 6.45) is 7.52. The van der Waals surface area contributed by atoms with Gasteiger partial charge in [0.2, 0.25) is 0 Å². The highest BCUT2D eigenvalue weighted by Gasteiger charge is 2.16. The van der Waals surface area contributed by atoms with Gasteiger partial charge in [-0.05, 0) is 46.8 Å². The van der Waals surface area contributed by atoms with E-state index in [1.807, 2.05) is 48.5 Å². The van der Waals surface area contributed by atoms with Crippen molar-refractivity contribution in [2.45, 2.75) is 0 Å². The minimum atomic E-state index is 0.171. The topological polar surface area (TPSA) is 78.9 Å². The number of phenolic OH excluding ortho intramolecular Hbond substituents is 1. The Hall–Kier alpha value is -4.56. The first-order chi connectivity index (χ1) is 15.2. The predicted molar refractivity (Wildman–Crippen MR) is 119 cm³/mol. The molecule has 2 N–H and O–H groups in total. The van der Waals surface area contributed by atoms with Crippen molar-refractivity contribution in [1.29, 1.82) is 0 Å². The number of nitrogens with zero attached hydrogens (tertiary/aromatic N) is 2. The summed E-state index contributed by atoms with van der Waals surface area (Å²) in [5.74, 6) is 3.11. The minimum absolute atomic E-state index is 0.171. The van der Waals surface area contributed by atoms with Gasteiger partial charge in [-0.25, -0.2) is 0 Å². The number of fused-ring (bicyclic) bond motifs is 2. The lowest BCUT2D eigenvalue weighted by molar-refractivity contribution is 0.302. The average molecular weight is 404 g/mol. The van der Waals surface area contributed by atoms with E-state index >= 15 is 0 Å². The first-order valence-electron chi connectivity index (χ1n) is 9.58. The minimum Gasteiger partial charge on any atom is -0.508 e. The Bertz CT molecular complexity index is 1580. The van der Waals surface area contributed by atoms with Gasteiger partial charge in [0, 0.05) is 17.0 Å². The van der Waals surface area contributed by atoms with Crippen LogP contribution in [0, 0.1) is 12.3 Å². The van der Waals surface area contributed by atoms with Crippen LogP contribution in [0.3, 0.4) is 0 Å². The second-order valence-corrected chi connectivity index (χ2v) is 7.08. The van der Waals surface area contributed by atoms with Gasteiger partial charge >= 0.3 is 0 Å². The van der Waals surface area contributed by atoms with E-state index < -0.39 is 0 Å². The van der Waals surface area contributed by atoms with Crippen molar-refractivity contribution in [2.75, 3.05) is 0 Å². The number of rotatable bonds is 2. The predicted octanol–water partition coefficient (Wildman–Crippen LogP) is 5.29. The number of terminal acetylenes is 1. The number of aromatic hydroxyl groups is 1. The van der Waals surface area contributed by atoms with Crippen molar-refractivity contribution in [3.05, 3.63) is 89.9 Å². The van der Waals surface area contributed by atoms with Crippen LogP contribution < -0.4 is 5.36 Å². The molecule has 0 atom stereocenters. The van der Waals surface area contributed by atoms with Gasteiger partial charge < -0.3 is 14.7 Å². The smallest absolute Gasteiger partial charge is 0.171 e. The van der Waals surface area contributed by atoms with Gasteiger partial charge in [0.15, 0.2) is 5.76 Å². The molecule has 0 amide bonds. The quantitative estimate of drug-likeness (QED) is 0.238. The van der Waals surface area contributed by atoms with Crippen LogP contribution in [-0.4, -0.2) is 15.3 Å². The van der Waals surface area contributed by atoms with Gasteiger partial charge in [-0.15, -0.1) is 6.42 Å². The Morgan fingerprint density at radius 3 is 2.48 bits per heavy atom. The second kappa shape index (κ2) is 7.36. The van der Waals surface area contributed by atoms with Crippen LogP contribution in [0.5, 0.6) is 5.75 Å². The summed E-state index contributed by atoms with van der Waals surface area (Å²) in [6, 6.07) is 22.1. The summed E-state index contributed by atoms with van der Waals surface area (Å²) in [7, 11) is 0. The summed E-state index contributed by atoms with van der Waals surface area (Å²) < 4.78 is 6.22. The van der Waals surface area contributed by atoms with Gasteiger partial charge in [-0.2, -0.15) is 0 Å². The Kier molecular flexibility index (Phi) is 4.38. The molecule has 5 aromatic rings. The molecule has 3 aromatic carbocycles. The Morgan fingerprint density at radius 2 is 1.71 bits per heavy atom. The van der Waals surface area contributed by atoms with Gasteiger partial charge in [0.1, 0.15) is 22.4 Å². The second-order valence-electron chi connectivity index (χ2n) is 7.08. The molecule has 148 valence electrons. The zero-order valence-corrected chi connectivity index (χ0v) is 16.3. The highest BCUT2D eigenvalue weighted by Crippen LogP contribution is 2.30. The fraction of sp³-hybridized carbons (Fsp3) is 0. The number of aromatic nitrogens is 1. The Balaban J connectivity index is 1.80. The number of hydrogen-bond acceptors (Lipinski definition) is 5. The van der Waals surface area contributed by atoms with E-state index in [1.165, 1.54) is 0 Å². The average Bonchev–Trinajstić information content (AvgIpc) is 2.82. The Morgan fingerprint density at radius 1 is 0.903 bits per heavy atom. The molecule has 2 heterocycles.